The monoisotopic (exact) mass is 282 g/mol. The van der Waals surface area contributed by atoms with Gasteiger partial charge in [0, 0.05) is 13.2 Å². The average Bonchev–Trinajstić information content (AvgIpc) is 2.35. The fraction of sp³-hybridized carbons (Fsp3) is 1.00. The van der Waals surface area contributed by atoms with Gasteiger partial charge in [-0.3, -0.25) is 0 Å². The van der Waals surface area contributed by atoms with E-state index in [-0.39, 0.29) is 14.9 Å². The lowest BCUT2D eigenvalue weighted by Gasteiger charge is -2.21. The summed E-state index contributed by atoms with van der Waals surface area (Å²) in [6.45, 7) is 2.99. The molecule has 3 unspecified atom stereocenters. The summed E-state index contributed by atoms with van der Waals surface area (Å²) >= 11 is 0. The Hall–Kier alpha value is -0.200. The molecule has 3 atom stereocenters. The first-order chi connectivity index (χ1) is 8.13. The van der Waals surface area contributed by atoms with Crippen LogP contribution in [0.5, 0.6) is 0 Å². The van der Waals surface area contributed by atoms with Crippen molar-refractivity contribution in [3.05, 3.63) is 0 Å². The molecule has 0 aliphatic rings. The zero-order valence-corrected chi connectivity index (χ0v) is 10.6. The molecule has 0 amide bonds. The standard InChI is InChI=1S/C12H26O5.2CH4/c1-2-3-7-17-8-5-4-6-10(14)12(16)11(15)9-13;;/h10-16H,2-9H2,1H3;2*1H4. The van der Waals surface area contributed by atoms with Crippen molar-refractivity contribution in [3.63, 3.8) is 0 Å². The topological polar surface area (TPSA) is 90.2 Å². The number of ether oxygens (including phenoxy) is 1. The highest BCUT2D eigenvalue weighted by Crippen LogP contribution is 2.08. The molecule has 0 heterocycles. The third-order valence-electron chi connectivity index (χ3n) is 2.66. The van der Waals surface area contributed by atoms with Gasteiger partial charge in [0.05, 0.1) is 12.7 Å². The zero-order valence-electron chi connectivity index (χ0n) is 10.6. The summed E-state index contributed by atoms with van der Waals surface area (Å²) < 4.78 is 5.35. The molecule has 0 aliphatic carbocycles. The fourth-order valence-electron chi connectivity index (χ4n) is 1.44. The molecule has 0 spiro atoms. The summed E-state index contributed by atoms with van der Waals surface area (Å²) in [6.07, 6.45) is 0.578. The molecule has 0 bridgehead atoms. The Morgan fingerprint density at radius 2 is 1.47 bits per heavy atom. The van der Waals surface area contributed by atoms with Gasteiger partial charge in [-0.25, -0.2) is 0 Å². The summed E-state index contributed by atoms with van der Waals surface area (Å²) in [4.78, 5) is 0. The third kappa shape index (κ3) is 12.6. The lowest BCUT2D eigenvalue weighted by Crippen LogP contribution is -2.39. The van der Waals surface area contributed by atoms with E-state index in [1.165, 1.54) is 0 Å². The van der Waals surface area contributed by atoms with E-state index in [2.05, 4.69) is 6.92 Å². The van der Waals surface area contributed by atoms with Gasteiger partial charge >= 0.3 is 0 Å². The first-order valence-corrected chi connectivity index (χ1v) is 6.36. The molecule has 0 fully saturated rings. The van der Waals surface area contributed by atoms with Crippen LogP contribution < -0.4 is 0 Å². The van der Waals surface area contributed by atoms with Crippen molar-refractivity contribution in [2.45, 2.75) is 72.2 Å². The maximum absolute atomic E-state index is 9.50. The SMILES string of the molecule is C.C.CCCCOCCCCC(O)C(O)C(O)CO. The minimum atomic E-state index is -1.28. The average molecular weight is 282 g/mol. The van der Waals surface area contributed by atoms with E-state index in [1.54, 1.807) is 0 Å². The number of aliphatic hydroxyl groups excluding tert-OH is 4. The summed E-state index contributed by atoms with van der Waals surface area (Å²) in [5, 5.41) is 36.6. The van der Waals surface area contributed by atoms with Crippen molar-refractivity contribution in [1.29, 1.82) is 0 Å². The van der Waals surface area contributed by atoms with Crippen LogP contribution in [-0.4, -0.2) is 58.6 Å². The molecule has 0 aromatic carbocycles. The third-order valence-corrected chi connectivity index (χ3v) is 2.66. The minimum Gasteiger partial charge on any atom is -0.394 e. The predicted molar refractivity (Wildman–Crippen MR) is 78.1 cm³/mol. The van der Waals surface area contributed by atoms with E-state index in [0.29, 0.717) is 13.0 Å². The first kappa shape index (κ1) is 23.9. The van der Waals surface area contributed by atoms with Crippen LogP contribution in [0.25, 0.3) is 0 Å². The van der Waals surface area contributed by atoms with Crippen LogP contribution >= 0.6 is 0 Å². The van der Waals surface area contributed by atoms with Gasteiger partial charge in [-0.05, 0) is 25.7 Å². The number of rotatable bonds is 11. The van der Waals surface area contributed by atoms with Gasteiger partial charge in [0.2, 0.25) is 0 Å². The second-order valence-electron chi connectivity index (χ2n) is 4.27. The second kappa shape index (κ2) is 15.9. The van der Waals surface area contributed by atoms with Crippen molar-refractivity contribution >= 4 is 0 Å². The number of hydrogen-bond donors (Lipinski definition) is 4. The van der Waals surface area contributed by atoms with Crippen LogP contribution in [-0.2, 0) is 4.74 Å². The molecule has 0 rings (SSSR count). The molecule has 120 valence electrons. The Balaban J connectivity index is -0.00000128. The van der Waals surface area contributed by atoms with Crippen LogP contribution in [0.2, 0.25) is 0 Å². The molecule has 0 aliphatic heterocycles. The van der Waals surface area contributed by atoms with Crippen molar-refractivity contribution in [3.8, 4) is 0 Å². The Bertz CT molecular complexity index is 166. The van der Waals surface area contributed by atoms with Gasteiger partial charge in [-0.15, -0.1) is 0 Å². The van der Waals surface area contributed by atoms with Gasteiger partial charge in [-0.1, -0.05) is 28.2 Å². The molecular formula is C14H34O5. The van der Waals surface area contributed by atoms with Gasteiger partial charge in [-0.2, -0.15) is 0 Å². The molecule has 5 heteroatoms. The molecule has 5 nitrogen and oxygen atoms in total. The predicted octanol–water partition coefficient (Wildman–Crippen LogP) is 1.32. The van der Waals surface area contributed by atoms with Gasteiger partial charge in [0.1, 0.15) is 12.2 Å². The van der Waals surface area contributed by atoms with Crippen LogP contribution in [0.3, 0.4) is 0 Å². The molecule has 0 aromatic rings. The van der Waals surface area contributed by atoms with Crippen molar-refractivity contribution in [1.82, 2.24) is 0 Å². The quantitative estimate of drug-likeness (QED) is 0.429. The molecule has 19 heavy (non-hydrogen) atoms. The van der Waals surface area contributed by atoms with E-state index in [4.69, 9.17) is 14.9 Å². The molecular weight excluding hydrogens is 248 g/mol. The Kier molecular flexibility index (Phi) is 19.9. The molecule has 0 radical (unpaired) electrons. The van der Waals surface area contributed by atoms with Crippen molar-refractivity contribution < 1.29 is 25.2 Å². The van der Waals surface area contributed by atoms with E-state index >= 15 is 0 Å². The highest BCUT2D eigenvalue weighted by molar-refractivity contribution is 4.74. The fourth-order valence-corrected chi connectivity index (χ4v) is 1.44. The Morgan fingerprint density at radius 1 is 0.895 bits per heavy atom. The summed E-state index contributed by atoms with van der Waals surface area (Å²) in [6, 6.07) is 0. The van der Waals surface area contributed by atoms with Gasteiger partial charge in [0.25, 0.3) is 0 Å². The largest absolute Gasteiger partial charge is 0.394 e. The Labute approximate surface area is 118 Å². The van der Waals surface area contributed by atoms with Crippen molar-refractivity contribution in [2.75, 3.05) is 19.8 Å². The summed E-state index contributed by atoms with van der Waals surface area (Å²) in [5.41, 5.74) is 0. The van der Waals surface area contributed by atoms with Crippen LogP contribution in [0, 0.1) is 0 Å². The lowest BCUT2D eigenvalue weighted by atomic mass is 10.0. The van der Waals surface area contributed by atoms with E-state index < -0.39 is 24.9 Å². The van der Waals surface area contributed by atoms with E-state index in [0.717, 1.165) is 32.3 Å². The number of hydrogen-bond acceptors (Lipinski definition) is 5. The van der Waals surface area contributed by atoms with Crippen molar-refractivity contribution in [2.24, 2.45) is 0 Å². The lowest BCUT2D eigenvalue weighted by molar-refractivity contribution is -0.0790. The number of aliphatic hydroxyl groups is 4. The highest BCUT2D eigenvalue weighted by Gasteiger charge is 2.23. The highest BCUT2D eigenvalue weighted by atomic mass is 16.5. The minimum absolute atomic E-state index is 0. The Morgan fingerprint density at radius 3 is 2.00 bits per heavy atom. The molecule has 4 N–H and O–H groups in total. The number of unbranched alkanes of at least 4 members (excludes halogenated alkanes) is 2. The van der Waals surface area contributed by atoms with Gasteiger partial charge < -0.3 is 25.2 Å². The molecule has 0 aromatic heterocycles. The zero-order chi connectivity index (χ0) is 13.1. The van der Waals surface area contributed by atoms with Crippen LogP contribution in [0.4, 0.5) is 0 Å². The van der Waals surface area contributed by atoms with E-state index in [9.17, 15) is 10.2 Å². The normalized spacial score (nSPS) is 15.0. The molecule has 0 saturated carbocycles. The maximum atomic E-state index is 9.50. The molecule has 0 saturated heterocycles. The van der Waals surface area contributed by atoms with Gasteiger partial charge in [0.15, 0.2) is 0 Å². The summed E-state index contributed by atoms with van der Waals surface area (Å²) in [5.74, 6) is 0. The first-order valence-electron chi connectivity index (χ1n) is 6.36. The van der Waals surface area contributed by atoms with Crippen LogP contribution in [0.15, 0.2) is 0 Å². The maximum Gasteiger partial charge on any atom is 0.108 e. The summed E-state index contributed by atoms with van der Waals surface area (Å²) in [7, 11) is 0. The van der Waals surface area contributed by atoms with Crippen LogP contribution in [0.1, 0.15) is 53.9 Å². The smallest absolute Gasteiger partial charge is 0.108 e. The second-order valence-corrected chi connectivity index (χ2v) is 4.27. The van der Waals surface area contributed by atoms with E-state index in [1.807, 2.05) is 0 Å².